The van der Waals surface area contributed by atoms with Crippen molar-refractivity contribution in [3.8, 4) is 11.5 Å². The number of benzene rings is 1. The normalized spacial score (nSPS) is 13.4. The van der Waals surface area contributed by atoms with E-state index in [1.807, 2.05) is 18.4 Å². The van der Waals surface area contributed by atoms with Crippen LogP contribution in [-0.4, -0.2) is 30.5 Å². The van der Waals surface area contributed by atoms with E-state index in [2.05, 4.69) is 0 Å². The molecule has 0 atom stereocenters. The second-order valence-electron chi connectivity index (χ2n) is 4.06. The molecule has 0 amide bonds. The predicted molar refractivity (Wildman–Crippen MR) is 69.8 cm³/mol. The number of aryl methyl sites for hydroxylation is 1. The lowest BCUT2D eigenvalue weighted by atomic mass is 10.1. The highest BCUT2D eigenvalue weighted by Gasteiger charge is 2.15. The highest BCUT2D eigenvalue weighted by molar-refractivity contribution is 7.98. The molecule has 0 fully saturated rings. The fraction of sp³-hybridized carbons (Fsp3) is 0.462. The zero-order valence-electron chi connectivity index (χ0n) is 10.3. The molecule has 1 aliphatic heterocycles. The van der Waals surface area contributed by atoms with Gasteiger partial charge in [0.05, 0.1) is 0 Å². The van der Waals surface area contributed by atoms with Crippen LogP contribution < -0.4 is 9.47 Å². The van der Waals surface area contributed by atoms with Crippen LogP contribution in [0.4, 0.5) is 0 Å². The number of thioether (sulfide) groups is 1. The molecule has 0 bridgehead atoms. The lowest BCUT2D eigenvalue weighted by molar-refractivity contribution is -0.137. The van der Waals surface area contributed by atoms with Gasteiger partial charge in [-0.2, -0.15) is 0 Å². The molecule has 1 heterocycles. The van der Waals surface area contributed by atoms with Gasteiger partial charge in [0, 0.05) is 11.3 Å². The van der Waals surface area contributed by atoms with Gasteiger partial charge in [0.2, 0.25) is 0 Å². The van der Waals surface area contributed by atoms with E-state index in [4.69, 9.17) is 14.6 Å². The van der Waals surface area contributed by atoms with Crippen molar-refractivity contribution in [2.45, 2.75) is 24.2 Å². The summed E-state index contributed by atoms with van der Waals surface area (Å²) in [6.07, 6.45) is 3.59. The topological polar surface area (TPSA) is 55.8 Å². The third-order valence-electron chi connectivity index (χ3n) is 2.78. The molecule has 0 aliphatic carbocycles. The highest BCUT2D eigenvalue weighted by Crippen LogP contribution is 2.37. The fourth-order valence-corrected chi connectivity index (χ4v) is 2.58. The predicted octanol–water partition coefficient (Wildman–Crippen LogP) is 2.59. The molecule has 1 aromatic carbocycles. The molecule has 1 aromatic rings. The Balaban J connectivity index is 2.14. The molecule has 98 valence electrons. The molecule has 18 heavy (non-hydrogen) atoms. The zero-order chi connectivity index (χ0) is 13.0. The van der Waals surface area contributed by atoms with Crippen LogP contribution in [0.25, 0.3) is 0 Å². The van der Waals surface area contributed by atoms with Crippen LogP contribution in [0.3, 0.4) is 0 Å². The van der Waals surface area contributed by atoms with Crippen LogP contribution in [-0.2, 0) is 11.2 Å². The molecule has 0 saturated heterocycles. The molecular weight excluding hydrogens is 252 g/mol. The van der Waals surface area contributed by atoms with Crippen LogP contribution in [0.15, 0.2) is 17.0 Å². The van der Waals surface area contributed by atoms with Gasteiger partial charge in [0.25, 0.3) is 0 Å². The van der Waals surface area contributed by atoms with Crippen molar-refractivity contribution in [3.05, 3.63) is 17.7 Å². The van der Waals surface area contributed by atoms with Gasteiger partial charge >= 0.3 is 5.97 Å². The summed E-state index contributed by atoms with van der Waals surface area (Å²) < 4.78 is 11.1. The summed E-state index contributed by atoms with van der Waals surface area (Å²) in [6, 6.07) is 3.96. The van der Waals surface area contributed by atoms with Gasteiger partial charge in [-0.3, -0.25) is 4.79 Å². The molecule has 1 N–H and O–H groups in total. The van der Waals surface area contributed by atoms with E-state index < -0.39 is 5.97 Å². The first kappa shape index (κ1) is 13.1. The van der Waals surface area contributed by atoms with Crippen molar-refractivity contribution in [1.82, 2.24) is 0 Å². The maximum atomic E-state index is 10.5. The van der Waals surface area contributed by atoms with Gasteiger partial charge < -0.3 is 14.6 Å². The highest BCUT2D eigenvalue weighted by atomic mass is 32.2. The maximum Gasteiger partial charge on any atom is 0.303 e. The Morgan fingerprint density at radius 1 is 1.33 bits per heavy atom. The molecule has 5 heteroatoms. The first-order valence-electron chi connectivity index (χ1n) is 5.89. The molecule has 0 aromatic heterocycles. The van der Waals surface area contributed by atoms with Crippen molar-refractivity contribution in [1.29, 1.82) is 0 Å². The van der Waals surface area contributed by atoms with Gasteiger partial charge in [-0.05, 0) is 36.8 Å². The number of ether oxygens (including phenoxy) is 2. The van der Waals surface area contributed by atoms with E-state index in [0.717, 1.165) is 28.4 Å². The SMILES string of the molecule is CSc1cc2c(cc1CCCC(=O)O)OCCO2. The van der Waals surface area contributed by atoms with Crippen LogP contribution in [0.1, 0.15) is 18.4 Å². The molecule has 1 aliphatic rings. The quantitative estimate of drug-likeness (QED) is 0.832. The zero-order valence-corrected chi connectivity index (χ0v) is 11.1. The summed E-state index contributed by atoms with van der Waals surface area (Å²) in [5, 5.41) is 8.66. The monoisotopic (exact) mass is 268 g/mol. The maximum absolute atomic E-state index is 10.5. The van der Waals surface area contributed by atoms with E-state index in [9.17, 15) is 4.79 Å². The Bertz CT molecular complexity index is 445. The number of hydrogen-bond donors (Lipinski definition) is 1. The minimum atomic E-state index is -0.752. The van der Waals surface area contributed by atoms with Gasteiger partial charge in [-0.1, -0.05) is 0 Å². The minimum absolute atomic E-state index is 0.197. The van der Waals surface area contributed by atoms with E-state index in [1.54, 1.807) is 11.8 Å². The number of aliphatic carboxylic acids is 1. The average Bonchev–Trinajstić information content (AvgIpc) is 2.37. The largest absolute Gasteiger partial charge is 0.486 e. The summed E-state index contributed by atoms with van der Waals surface area (Å²) in [5.74, 6) is 0.801. The van der Waals surface area contributed by atoms with Crippen LogP contribution >= 0.6 is 11.8 Å². The number of hydrogen-bond acceptors (Lipinski definition) is 4. The molecule has 0 unspecified atom stereocenters. The second kappa shape index (κ2) is 6.00. The Labute approximate surface area is 110 Å². The second-order valence-corrected chi connectivity index (χ2v) is 4.90. The molecule has 0 saturated carbocycles. The van der Waals surface area contributed by atoms with Gasteiger partial charge in [0.1, 0.15) is 13.2 Å². The van der Waals surface area contributed by atoms with Gasteiger partial charge in [-0.15, -0.1) is 11.8 Å². The smallest absolute Gasteiger partial charge is 0.303 e. The fourth-order valence-electron chi connectivity index (χ4n) is 1.93. The Kier molecular flexibility index (Phi) is 4.36. The molecule has 0 spiro atoms. The number of carboxylic acids is 1. The lowest BCUT2D eigenvalue weighted by Crippen LogP contribution is -2.15. The van der Waals surface area contributed by atoms with Crippen LogP contribution in [0.2, 0.25) is 0 Å². The van der Waals surface area contributed by atoms with E-state index >= 15 is 0 Å². The van der Waals surface area contributed by atoms with Crippen LogP contribution in [0, 0.1) is 0 Å². The minimum Gasteiger partial charge on any atom is -0.486 e. The third-order valence-corrected chi connectivity index (χ3v) is 3.60. The Hall–Kier alpha value is -1.36. The van der Waals surface area contributed by atoms with E-state index in [1.165, 1.54) is 0 Å². The average molecular weight is 268 g/mol. The number of carbonyl (C=O) groups is 1. The first-order chi connectivity index (χ1) is 8.70. The number of rotatable bonds is 5. The molecule has 0 radical (unpaired) electrons. The van der Waals surface area contributed by atoms with Gasteiger partial charge in [0.15, 0.2) is 11.5 Å². The summed E-state index contributed by atoms with van der Waals surface area (Å²) in [5.41, 5.74) is 1.13. The van der Waals surface area contributed by atoms with Crippen molar-refractivity contribution in [3.63, 3.8) is 0 Å². The lowest BCUT2D eigenvalue weighted by Gasteiger charge is -2.20. The Morgan fingerprint density at radius 2 is 2.00 bits per heavy atom. The summed E-state index contributed by atoms with van der Waals surface area (Å²) in [7, 11) is 0. The summed E-state index contributed by atoms with van der Waals surface area (Å²) >= 11 is 1.64. The molecule has 4 nitrogen and oxygen atoms in total. The first-order valence-corrected chi connectivity index (χ1v) is 7.11. The van der Waals surface area contributed by atoms with Crippen LogP contribution in [0.5, 0.6) is 11.5 Å². The van der Waals surface area contributed by atoms with Crippen molar-refractivity contribution in [2.75, 3.05) is 19.5 Å². The standard InChI is InChI=1S/C13H16O4S/c1-18-12-8-11-10(16-5-6-17-11)7-9(12)3-2-4-13(14)15/h7-8H,2-6H2,1H3,(H,14,15). The number of carboxylic acid groups (broad SMARTS) is 1. The summed E-state index contributed by atoms with van der Waals surface area (Å²) in [6.45, 7) is 1.15. The molecule has 2 rings (SSSR count). The van der Waals surface area contributed by atoms with Crippen molar-refractivity contribution < 1.29 is 19.4 Å². The van der Waals surface area contributed by atoms with Gasteiger partial charge in [-0.25, -0.2) is 0 Å². The molecular formula is C13H16O4S. The Morgan fingerprint density at radius 3 is 2.61 bits per heavy atom. The van der Waals surface area contributed by atoms with E-state index in [0.29, 0.717) is 19.6 Å². The van der Waals surface area contributed by atoms with E-state index in [-0.39, 0.29) is 6.42 Å². The summed E-state index contributed by atoms with van der Waals surface area (Å²) in [4.78, 5) is 11.7. The van der Waals surface area contributed by atoms with Crippen molar-refractivity contribution in [2.24, 2.45) is 0 Å². The van der Waals surface area contributed by atoms with Crippen molar-refractivity contribution >= 4 is 17.7 Å². The third kappa shape index (κ3) is 3.10. The number of fused-ring (bicyclic) bond motifs is 1.